The summed E-state index contributed by atoms with van der Waals surface area (Å²) >= 11 is 13.4. The monoisotopic (exact) mass is 712 g/mol. The van der Waals surface area contributed by atoms with Crippen LogP contribution in [0.3, 0.4) is 0 Å². The smallest absolute Gasteiger partial charge is 0.104 e. The maximum absolute atomic E-state index is 10.7. The zero-order valence-electron chi connectivity index (χ0n) is 23.6. The van der Waals surface area contributed by atoms with E-state index in [0.717, 1.165) is 53.1 Å². The lowest BCUT2D eigenvalue weighted by Crippen LogP contribution is -2.24. The predicted octanol–water partition coefficient (Wildman–Crippen LogP) is 8.61. The van der Waals surface area contributed by atoms with Crippen LogP contribution in [0.5, 0.6) is 0 Å². The van der Waals surface area contributed by atoms with Crippen molar-refractivity contribution in [3.8, 4) is 0 Å². The minimum atomic E-state index is -0.608. The number of aliphatic hydroxyl groups excluding tert-OH is 1. The molecular formula is C34H38Br2N2OS2. The fourth-order valence-electron chi connectivity index (χ4n) is 4.96. The second-order valence-corrected chi connectivity index (χ2v) is 13.9. The zero-order chi connectivity index (χ0) is 29.2. The number of nitrogens with zero attached hydrogens (tertiary/aromatic N) is 2. The van der Waals surface area contributed by atoms with Crippen molar-refractivity contribution in [2.24, 2.45) is 0 Å². The van der Waals surface area contributed by atoms with Gasteiger partial charge in [-0.15, -0.1) is 11.8 Å². The number of benzene rings is 4. The molecule has 3 nitrogen and oxygen atoms in total. The van der Waals surface area contributed by atoms with Gasteiger partial charge in [0.05, 0.1) is 5.25 Å². The Morgan fingerprint density at radius 1 is 0.951 bits per heavy atom. The molecule has 4 aromatic rings. The summed E-state index contributed by atoms with van der Waals surface area (Å²) in [6.07, 6.45) is -0.608. The molecule has 7 heteroatoms. The molecule has 41 heavy (non-hydrogen) atoms. The molecule has 1 heterocycles. The average Bonchev–Trinajstić information content (AvgIpc) is 2.97. The largest absolute Gasteiger partial charge is 0.384 e. The van der Waals surface area contributed by atoms with E-state index in [9.17, 15) is 5.11 Å². The van der Waals surface area contributed by atoms with Gasteiger partial charge >= 0.3 is 0 Å². The van der Waals surface area contributed by atoms with Crippen LogP contribution in [0, 0.1) is 0 Å². The van der Waals surface area contributed by atoms with E-state index in [2.05, 4.69) is 123 Å². The van der Waals surface area contributed by atoms with E-state index in [1.54, 1.807) is 0 Å². The third-order valence-electron chi connectivity index (χ3n) is 7.13. The van der Waals surface area contributed by atoms with Gasteiger partial charge in [-0.05, 0) is 71.7 Å². The van der Waals surface area contributed by atoms with Crippen molar-refractivity contribution in [2.45, 2.75) is 24.4 Å². The molecule has 4 aromatic carbocycles. The highest BCUT2D eigenvalue weighted by Crippen LogP contribution is 2.40. The van der Waals surface area contributed by atoms with Gasteiger partial charge in [-0.1, -0.05) is 105 Å². The lowest BCUT2D eigenvalue weighted by molar-refractivity contribution is 0.217. The third kappa shape index (κ3) is 9.45. The Morgan fingerprint density at radius 2 is 1.61 bits per heavy atom. The van der Waals surface area contributed by atoms with Gasteiger partial charge < -0.3 is 14.9 Å². The van der Waals surface area contributed by atoms with Crippen LogP contribution in [-0.4, -0.2) is 53.6 Å². The highest BCUT2D eigenvalue weighted by molar-refractivity contribution is 9.10. The van der Waals surface area contributed by atoms with Gasteiger partial charge in [-0.3, -0.25) is 0 Å². The van der Waals surface area contributed by atoms with Gasteiger partial charge in [0.2, 0.25) is 0 Å². The van der Waals surface area contributed by atoms with Crippen LogP contribution in [0.2, 0.25) is 0 Å². The van der Waals surface area contributed by atoms with Crippen LogP contribution in [-0.2, 0) is 13.1 Å². The number of thiol groups is 1. The summed E-state index contributed by atoms with van der Waals surface area (Å²) in [6.45, 7) is 3.89. The molecule has 0 aromatic heterocycles. The molecule has 0 saturated carbocycles. The first-order valence-electron chi connectivity index (χ1n) is 13.8. The fraction of sp³-hybridized carbons (Fsp3) is 0.294. The predicted molar refractivity (Wildman–Crippen MR) is 186 cm³/mol. The van der Waals surface area contributed by atoms with Crippen LogP contribution in [0.4, 0.5) is 0 Å². The van der Waals surface area contributed by atoms with E-state index in [0.29, 0.717) is 5.25 Å². The highest BCUT2D eigenvalue weighted by Gasteiger charge is 2.21. The van der Waals surface area contributed by atoms with E-state index in [1.807, 2.05) is 54.2 Å². The SMILES string of the molecule is CN(CCS)Cc1ccc(Br)cc1C(O)c1ccccc1.CN1CCSC(c2ccccc2)c2cc(Br)ccc2C1. The number of hydrogen-bond acceptors (Lipinski definition) is 5. The number of rotatable bonds is 7. The van der Waals surface area contributed by atoms with Crippen LogP contribution in [0.25, 0.3) is 0 Å². The lowest BCUT2D eigenvalue weighted by atomic mass is 9.96. The standard InChI is InChI=1S/C17H20BrNOS.C17H18BrNS/c1-19(9-10-21)12-14-7-8-15(18)11-16(14)17(20)13-5-3-2-4-6-13;1-19-9-10-20-17(13-5-3-2-4-6-13)16-11-15(18)8-7-14(16)12-19/h2-8,11,17,20-21H,9-10,12H2,1H3;2-8,11,17H,9-10,12H2,1H3. The molecule has 0 saturated heterocycles. The van der Waals surface area contributed by atoms with E-state index in [4.69, 9.17) is 0 Å². The van der Waals surface area contributed by atoms with Crippen molar-refractivity contribution >= 4 is 56.3 Å². The summed E-state index contributed by atoms with van der Waals surface area (Å²) in [5.41, 5.74) is 7.29. The molecule has 2 unspecified atom stereocenters. The van der Waals surface area contributed by atoms with Gasteiger partial charge in [0.1, 0.15) is 6.10 Å². The van der Waals surface area contributed by atoms with Crippen LogP contribution >= 0.6 is 56.3 Å². The van der Waals surface area contributed by atoms with Crippen molar-refractivity contribution in [3.63, 3.8) is 0 Å². The minimum Gasteiger partial charge on any atom is -0.384 e. The molecule has 5 rings (SSSR count). The maximum Gasteiger partial charge on any atom is 0.104 e. The van der Waals surface area contributed by atoms with Crippen molar-refractivity contribution in [1.82, 2.24) is 9.80 Å². The van der Waals surface area contributed by atoms with Crippen molar-refractivity contribution < 1.29 is 5.11 Å². The normalized spacial score (nSPS) is 16.2. The second kappa shape index (κ2) is 16.3. The Labute approximate surface area is 272 Å². The fourth-order valence-corrected chi connectivity index (χ4v) is 7.46. The van der Waals surface area contributed by atoms with Gasteiger partial charge in [0, 0.05) is 46.6 Å². The molecule has 0 fully saturated rings. The summed E-state index contributed by atoms with van der Waals surface area (Å²) in [6, 6.07) is 33.4. The molecule has 0 amide bonds. The summed E-state index contributed by atoms with van der Waals surface area (Å²) in [4.78, 5) is 4.61. The van der Waals surface area contributed by atoms with E-state index in [-0.39, 0.29) is 0 Å². The van der Waals surface area contributed by atoms with Crippen molar-refractivity contribution in [2.75, 3.05) is 38.7 Å². The maximum atomic E-state index is 10.7. The summed E-state index contributed by atoms with van der Waals surface area (Å²) in [7, 11) is 4.27. The lowest BCUT2D eigenvalue weighted by Gasteiger charge is -2.28. The average molecular weight is 715 g/mol. The van der Waals surface area contributed by atoms with E-state index >= 15 is 0 Å². The summed E-state index contributed by atoms with van der Waals surface area (Å²) in [5.74, 6) is 1.99. The topological polar surface area (TPSA) is 26.7 Å². The molecule has 1 aliphatic rings. The van der Waals surface area contributed by atoms with E-state index < -0.39 is 6.10 Å². The number of halogens is 2. The van der Waals surface area contributed by atoms with Crippen molar-refractivity contribution in [1.29, 1.82) is 0 Å². The molecule has 2 atom stereocenters. The molecule has 1 N–H and O–H groups in total. The first-order chi connectivity index (χ1) is 19.9. The second-order valence-electron chi connectivity index (χ2n) is 10.4. The van der Waals surface area contributed by atoms with Crippen molar-refractivity contribution in [3.05, 3.63) is 139 Å². The molecule has 0 spiro atoms. The minimum absolute atomic E-state index is 0.442. The highest BCUT2D eigenvalue weighted by atomic mass is 79.9. The number of hydrogen-bond donors (Lipinski definition) is 2. The Morgan fingerprint density at radius 3 is 2.32 bits per heavy atom. The Balaban J connectivity index is 0.000000189. The Hall–Kier alpha value is -1.58. The molecule has 216 valence electrons. The van der Waals surface area contributed by atoms with Gasteiger partial charge in [-0.2, -0.15) is 12.6 Å². The van der Waals surface area contributed by atoms with Gasteiger partial charge in [-0.25, -0.2) is 0 Å². The molecular weight excluding hydrogens is 676 g/mol. The first-order valence-corrected chi connectivity index (χ1v) is 17.1. The van der Waals surface area contributed by atoms with Crippen LogP contribution in [0.1, 0.15) is 44.7 Å². The molecule has 0 aliphatic carbocycles. The Kier molecular flexibility index (Phi) is 12.9. The number of thioether (sulfide) groups is 1. The number of aliphatic hydroxyl groups is 1. The molecule has 0 radical (unpaired) electrons. The van der Waals surface area contributed by atoms with Gasteiger partial charge in [0.25, 0.3) is 0 Å². The Bertz CT molecular complexity index is 1370. The molecule has 1 aliphatic heterocycles. The first kappa shape index (κ1) is 32.3. The zero-order valence-corrected chi connectivity index (χ0v) is 28.5. The van der Waals surface area contributed by atoms with E-state index in [1.165, 1.54) is 26.9 Å². The third-order valence-corrected chi connectivity index (χ3v) is 9.59. The summed E-state index contributed by atoms with van der Waals surface area (Å²) < 4.78 is 2.15. The van der Waals surface area contributed by atoms with Crippen LogP contribution in [0.15, 0.2) is 106 Å². The number of fused-ring (bicyclic) bond motifs is 1. The van der Waals surface area contributed by atoms with Crippen LogP contribution < -0.4 is 0 Å². The quantitative estimate of drug-likeness (QED) is 0.188. The summed E-state index contributed by atoms with van der Waals surface area (Å²) in [5, 5.41) is 11.1. The van der Waals surface area contributed by atoms with Gasteiger partial charge in [0.15, 0.2) is 0 Å². The molecule has 0 bridgehead atoms.